The molecule has 0 saturated heterocycles. The molecule has 2 aliphatic carbocycles. The second kappa shape index (κ2) is 12.3. The number of hydrogen-bond donors (Lipinski definition) is 4. The summed E-state index contributed by atoms with van der Waals surface area (Å²) in [6.07, 6.45) is 4.30. The molecule has 15 heteroatoms. The lowest BCUT2D eigenvalue weighted by atomic mass is 9.82. The summed E-state index contributed by atoms with van der Waals surface area (Å²) in [4.78, 5) is 20.6. The molecule has 0 bridgehead atoms. The maximum absolute atomic E-state index is 15.1. The number of pyridine rings is 1. The maximum atomic E-state index is 15.1. The van der Waals surface area contributed by atoms with Crippen LogP contribution in [0.15, 0.2) is 49.2 Å². The molecule has 5 N–H and O–H groups in total. The van der Waals surface area contributed by atoms with Gasteiger partial charge in [0.15, 0.2) is 0 Å². The Morgan fingerprint density at radius 2 is 1.91 bits per heavy atom. The third-order valence-corrected chi connectivity index (χ3v) is 7.87. The van der Waals surface area contributed by atoms with Crippen LogP contribution >= 0.6 is 0 Å². The van der Waals surface area contributed by atoms with E-state index in [4.69, 9.17) is 15.7 Å². The Kier molecular flexibility index (Phi) is 8.64. The van der Waals surface area contributed by atoms with E-state index in [0.717, 1.165) is 23.9 Å². The Morgan fingerprint density at radius 1 is 1.20 bits per heavy atom. The van der Waals surface area contributed by atoms with Gasteiger partial charge in [-0.2, -0.15) is 19.1 Å². The summed E-state index contributed by atoms with van der Waals surface area (Å²) in [6.45, 7) is -3.18. The number of nitriles is 1. The van der Waals surface area contributed by atoms with E-state index in [1.165, 1.54) is 54.5 Å². The van der Waals surface area contributed by atoms with Crippen molar-refractivity contribution in [3.8, 4) is 22.9 Å². The zero-order valence-corrected chi connectivity index (χ0v) is 23.3. The van der Waals surface area contributed by atoms with Crippen LogP contribution < -0.4 is 10.5 Å². The second-order valence-corrected chi connectivity index (χ2v) is 10.6. The molecule has 2 unspecified atom stereocenters. The van der Waals surface area contributed by atoms with Crippen LogP contribution in [0.4, 0.5) is 13.2 Å². The molecular weight excluding hydrogens is 583 g/mol. The first kappa shape index (κ1) is 31.0. The zero-order valence-electron chi connectivity index (χ0n) is 23.3. The van der Waals surface area contributed by atoms with Crippen LogP contribution in [-0.4, -0.2) is 71.9 Å². The Bertz CT molecular complexity index is 1700. The minimum atomic E-state index is -3.25. The fourth-order valence-corrected chi connectivity index (χ4v) is 5.63. The summed E-state index contributed by atoms with van der Waals surface area (Å²) < 4.78 is 47.6. The highest BCUT2D eigenvalue weighted by atomic mass is 19.3. The van der Waals surface area contributed by atoms with Gasteiger partial charge in [-0.3, -0.25) is 4.79 Å². The van der Waals surface area contributed by atoms with Gasteiger partial charge in [-0.05, 0) is 38.4 Å². The number of fused-ring (bicyclic) bond motifs is 3. The highest BCUT2D eigenvalue weighted by Gasteiger charge is 2.45. The molecule has 6 rings (SSSR count). The number of hydrogen-bond acceptors (Lipinski definition) is 11. The van der Waals surface area contributed by atoms with Crippen LogP contribution in [0.2, 0.25) is 0 Å². The molecule has 0 radical (unpaired) electrons. The fraction of sp³-hybridized carbons (Fsp3) is 0.345. The first-order valence-electron chi connectivity index (χ1n) is 13.5. The van der Waals surface area contributed by atoms with Crippen molar-refractivity contribution >= 4 is 11.8 Å². The van der Waals surface area contributed by atoms with Gasteiger partial charge in [0, 0.05) is 58.1 Å². The smallest absolute Gasteiger partial charge is 0.387 e. The maximum Gasteiger partial charge on any atom is 0.387 e. The molecular formula is C29H28F3N7O5. The highest BCUT2D eigenvalue weighted by molar-refractivity contribution is 5.81. The van der Waals surface area contributed by atoms with E-state index < -0.39 is 30.5 Å². The van der Waals surface area contributed by atoms with E-state index in [2.05, 4.69) is 21.1 Å². The molecule has 230 valence electrons. The number of aliphatic hydroxyl groups is 3. The zero-order chi connectivity index (χ0) is 31.8. The van der Waals surface area contributed by atoms with Crippen LogP contribution in [0.25, 0.3) is 16.6 Å². The predicted octanol–water partition coefficient (Wildman–Crippen LogP) is 2.69. The number of alkyl halides is 2. The quantitative estimate of drug-likeness (QED) is 0.178. The molecule has 0 amide bonds. The second-order valence-electron chi connectivity index (χ2n) is 10.6. The Labute approximate surface area is 248 Å². The highest BCUT2D eigenvalue weighted by Crippen LogP contribution is 2.51. The van der Waals surface area contributed by atoms with Crippen molar-refractivity contribution in [2.75, 3.05) is 7.05 Å². The van der Waals surface area contributed by atoms with E-state index in [0.29, 0.717) is 29.0 Å². The SMILES string of the molecule is CN(C1CC(c2c(C=O)cccc2OC(F)F)c2c1nn1cc(F)c(-c3cncnc3)cc21)C(O)(O)O.N#CC1CC(N)C1. The van der Waals surface area contributed by atoms with Gasteiger partial charge < -0.3 is 25.8 Å². The molecule has 1 aromatic carbocycles. The number of halogens is 3. The number of nitrogens with two attached hydrogens (primary N) is 1. The molecule has 12 nitrogen and oxygen atoms in total. The summed E-state index contributed by atoms with van der Waals surface area (Å²) >= 11 is 0. The lowest BCUT2D eigenvalue weighted by molar-refractivity contribution is -0.396. The normalized spacial score (nSPS) is 20.9. The largest absolute Gasteiger partial charge is 0.434 e. The fourth-order valence-electron chi connectivity index (χ4n) is 5.63. The molecule has 0 aliphatic heterocycles. The van der Waals surface area contributed by atoms with Gasteiger partial charge in [-0.15, -0.1) is 0 Å². The number of nitrogens with zero attached hydrogens (tertiary/aromatic N) is 6. The lowest BCUT2D eigenvalue weighted by Gasteiger charge is -2.31. The monoisotopic (exact) mass is 611 g/mol. The molecule has 4 aromatic rings. The van der Waals surface area contributed by atoms with Gasteiger partial charge >= 0.3 is 12.7 Å². The summed E-state index contributed by atoms with van der Waals surface area (Å²) in [5, 5.41) is 42.2. The number of carbonyl (C=O) groups is 1. The summed E-state index contributed by atoms with van der Waals surface area (Å²) in [6, 6.07) is 7.11. The average molecular weight is 612 g/mol. The van der Waals surface area contributed by atoms with Gasteiger partial charge in [0.05, 0.1) is 29.5 Å². The van der Waals surface area contributed by atoms with Crippen LogP contribution in [0.3, 0.4) is 0 Å². The van der Waals surface area contributed by atoms with Crippen molar-refractivity contribution < 1.29 is 38.0 Å². The van der Waals surface area contributed by atoms with Crippen molar-refractivity contribution in [3.63, 3.8) is 0 Å². The van der Waals surface area contributed by atoms with Crippen molar-refractivity contribution in [1.82, 2.24) is 24.5 Å². The minimum Gasteiger partial charge on any atom is -0.434 e. The van der Waals surface area contributed by atoms with Gasteiger partial charge in [-0.25, -0.2) is 23.8 Å². The molecule has 3 aromatic heterocycles. The molecule has 3 heterocycles. The van der Waals surface area contributed by atoms with Gasteiger partial charge in [0.1, 0.15) is 24.2 Å². The molecule has 2 atom stereocenters. The standard InChI is InChI=1S/C24H20F3N5O5.C5H8N2/c1-31(24(34,35)36)18-6-15(20-12(10-33)3-2-4-19(20)37-23(26)27)21-17-5-14(13-7-28-11-29-8-13)16(25)9-32(17)30-22(18)21;6-3-4-1-5(7)2-4/h2-5,7-11,15,18,23,34-36H,6H2,1H3;4-5H,1-2,7H2. The Morgan fingerprint density at radius 3 is 2.48 bits per heavy atom. The summed E-state index contributed by atoms with van der Waals surface area (Å²) in [5.41, 5.74) is 7.09. The number of aromatic nitrogens is 4. The van der Waals surface area contributed by atoms with E-state index in [-0.39, 0.29) is 40.5 Å². The number of aldehydes is 1. The molecule has 0 spiro atoms. The third-order valence-electron chi connectivity index (χ3n) is 7.87. The van der Waals surface area contributed by atoms with Crippen molar-refractivity contribution in [3.05, 3.63) is 77.4 Å². The van der Waals surface area contributed by atoms with Crippen molar-refractivity contribution in [1.29, 1.82) is 5.26 Å². The minimum absolute atomic E-state index is 0.000292. The van der Waals surface area contributed by atoms with E-state index >= 15 is 4.39 Å². The van der Waals surface area contributed by atoms with Gasteiger partial charge in [0.25, 0.3) is 0 Å². The van der Waals surface area contributed by atoms with E-state index in [1.807, 2.05) is 0 Å². The van der Waals surface area contributed by atoms with Crippen LogP contribution in [-0.2, 0) is 0 Å². The topological polar surface area (TPSA) is 183 Å². The summed E-state index contributed by atoms with van der Waals surface area (Å²) in [7, 11) is 1.22. The average Bonchev–Trinajstić information content (AvgIpc) is 3.51. The first-order chi connectivity index (χ1) is 20.9. The number of ether oxygens (including phenoxy) is 1. The predicted molar refractivity (Wildman–Crippen MR) is 147 cm³/mol. The molecule has 44 heavy (non-hydrogen) atoms. The van der Waals surface area contributed by atoms with Crippen LogP contribution in [0.1, 0.15) is 58.4 Å². The van der Waals surface area contributed by atoms with Gasteiger partial charge in [-0.1, -0.05) is 12.1 Å². The van der Waals surface area contributed by atoms with Crippen LogP contribution in [0.5, 0.6) is 5.75 Å². The third kappa shape index (κ3) is 5.98. The van der Waals surface area contributed by atoms with E-state index in [1.54, 1.807) is 0 Å². The molecule has 1 fully saturated rings. The van der Waals surface area contributed by atoms with Crippen molar-refractivity contribution in [2.45, 2.75) is 50.0 Å². The summed E-state index contributed by atoms with van der Waals surface area (Å²) in [5.74, 6) is -1.46. The Balaban J connectivity index is 0.000000484. The van der Waals surface area contributed by atoms with Crippen molar-refractivity contribution in [2.24, 2.45) is 11.7 Å². The number of carbonyl (C=O) groups excluding carboxylic acids is 1. The number of benzene rings is 1. The van der Waals surface area contributed by atoms with Gasteiger partial charge in [0.2, 0.25) is 0 Å². The molecule has 2 aliphatic rings. The first-order valence-corrected chi connectivity index (χ1v) is 13.5. The van der Waals surface area contributed by atoms with Crippen LogP contribution in [0, 0.1) is 23.1 Å². The Hall–Kier alpha value is -4.46. The number of rotatable bonds is 7. The molecule has 1 saturated carbocycles. The van der Waals surface area contributed by atoms with E-state index in [9.17, 15) is 28.9 Å². The lowest BCUT2D eigenvalue weighted by Crippen LogP contribution is -2.47.